The third-order valence-corrected chi connectivity index (χ3v) is 10.2. The lowest BCUT2D eigenvalue weighted by molar-refractivity contribution is -0.0839. The second-order valence-corrected chi connectivity index (χ2v) is 12.1. The van der Waals surface area contributed by atoms with Crippen LogP contribution in [0.4, 0.5) is 0 Å². The average molecular weight is 387 g/mol. The van der Waals surface area contributed by atoms with Crippen molar-refractivity contribution in [2.75, 3.05) is 0 Å². The molecule has 160 valence electrons. The Morgan fingerprint density at radius 1 is 1.04 bits per heavy atom. The predicted octanol–water partition coefficient (Wildman–Crippen LogP) is 7.39. The highest BCUT2D eigenvalue weighted by Crippen LogP contribution is 2.67. The molecule has 1 heteroatoms. The van der Waals surface area contributed by atoms with Gasteiger partial charge in [-0.05, 0) is 103 Å². The molecule has 0 aromatic rings. The van der Waals surface area contributed by atoms with Crippen LogP contribution in [0.25, 0.3) is 0 Å². The predicted molar refractivity (Wildman–Crippen MR) is 119 cm³/mol. The molecule has 4 aliphatic carbocycles. The first-order valence-electron chi connectivity index (χ1n) is 12.7. The summed E-state index contributed by atoms with van der Waals surface area (Å²) >= 11 is 0. The van der Waals surface area contributed by atoms with Gasteiger partial charge < -0.3 is 5.11 Å². The van der Waals surface area contributed by atoms with Gasteiger partial charge in [0.2, 0.25) is 0 Å². The zero-order valence-electron chi connectivity index (χ0n) is 19.3. The standard InChI is InChI=1S/C27H46O/c1-18(2)9-8-10-19(3)21-12-13-22-20-17-25(28)24-11-6-7-15-26(24,4)23(20)14-16-27(21,22)5/h11,18-23,25,28H,6-10,12-17H2,1-5H3/t19-,20+,21-,22+,23+,25+,26-,27-/m1/s1. The van der Waals surface area contributed by atoms with Crippen LogP contribution in [0.1, 0.15) is 105 Å². The molecule has 28 heavy (non-hydrogen) atoms. The Morgan fingerprint density at radius 2 is 1.82 bits per heavy atom. The van der Waals surface area contributed by atoms with Gasteiger partial charge in [-0.1, -0.05) is 60.0 Å². The maximum absolute atomic E-state index is 11.1. The molecule has 0 aromatic heterocycles. The summed E-state index contributed by atoms with van der Waals surface area (Å²) in [6.07, 6.45) is 17.1. The average Bonchev–Trinajstić information content (AvgIpc) is 2.99. The minimum Gasteiger partial charge on any atom is -0.389 e. The van der Waals surface area contributed by atoms with Crippen molar-refractivity contribution in [3.63, 3.8) is 0 Å². The van der Waals surface area contributed by atoms with Crippen LogP contribution in [0.15, 0.2) is 11.6 Å². The lowest BCUT2D eigenvalue weighted by atomic mass is 9.46. The lowest BCUT2D eigenvalue weighted by Gasteiger charge is -2.59. The molecule has 0 unspecified atom stereocenters. The summed E-state index contributed by atoms with van der Waals surface area (Å²) in [7, 11) is 0. The molecule has 0 saturated heterocycles. The van der Waals surface area contributed by atoms with Gasteiger partial charge in [0.15, 0.2) is 0 Å². The molecule has 3 fully saturated rings. The highest BCUT2D eigenvalue weighted by atomic mass is 16.3. The topological polar surface area (TPSA) is 20.2 Å². The van der Waals surface area contributed by atoms with E-state index in [0.717, 1.165) is 41.9 Å². The summed E-state index contributed by atoms with van der Waals surface area (Å²) in [4.78, 5) is 0. The number of aliphatic hydroxyl groups excluding tert-OH is 1. The highest BCUT2D eigenvalue weighted by molar-refractivity contribution is 5.27. The molecule has 3 saturated carbocycles. The van der Waals surface area contributed by atoms with E-state index in [2.05, 4.69) is 40.7 Å². The van der Waals surface area contributed by atoms with Gasteiger partial charge in [-0.3, -0.25) is 0 Å². The third kappa shape index (κ3) is 3.32. The van der Waals surface area contributed by atoms with Crippen LogP contribution in [-0.2, 0) is 0 Å². The number of fused-ring (bicyclic) bond motifs is 5. The fraction of sp³-hybridized carbons (Fsp3) is 0.926. The number of hydrogen-bond acceptors (Lipinski definition) is 1. The number of rotatable bonds is 5. The Balaban J connectivity index is 1.51. The van der Waals surface area contributed by atoms with Crippen molar-refractivity contribution in [1.82, 2.24) is 0 Å². The van der Waals surface area contributed by atoms with Gasteiger partial charge in [-0.25, -0.2) is 0 Å². The van der Waals surface area contributed by atoms with Gasteiger partial charge in [-0.15, -0.1) is 0 Å². The maximum atomic E-state index is 11.1. The molecule has 0 spiro atoms. The first-order valence-corrected chi connectivity index (χ1v) is 12.7. The van der Waals surface area contributed by atoms with Gasteiger partial charge in [0.05, 0.1) is 6.10 Å². The summed E-state index contributed by atoms with van der Waals surface area (Å²) in [6, 6.07) is 0. The second-order valence-electron chi connectivity index (χ2n) is 12.1. The van der Waals surface area contributed by atoms with Crippen molar-refractivity contribution in [2.45, 2.75) is 111 Å². The van der Waals surface area contributed by atoms with Gasteiger partial charge in [0, 0.05) is 0 Å². The smallest absolute Gasteiger partial charge is 0.0758 e. The van der Waals surface area contributed by atoms with Gasteiger partial charge in [0.1, 0.15) is 0 Å². The minimum atomic E-state index is -0.156. The lowest BCUT2D eigenvalue weighted by Crippen LogP contribution is -2.53. The van der Waals surface area contributed by atoms with Crippen molar-refractivity contribution >= 4 is 0 Å². The molecular weight excluding hydrogens is 340 g/mol. The number of hydrogen-bond donors (Lipinski definition) is 1. The molecule has 0 radical (unpaired) electrons. The van der Waals surface area contributed by atoms with Crippen LogP contribution in [0.2, 0.25) is 0 Å². The number of allylic oxidation sites excluding steroid dienone is 1. The van der Waals surface area contributed by atoms with Crippen LogP contribution < -0.4 is 0 Å². The van der Waals surface area contributed by atoms with Gasteiger partial charge in [0.25, 0.3) is 0 Å². The van der Waals surface area contributed by atoms with E-state index in [9.17, 15) is 5.11 Å². The molecule has 0 amide bonds. The Bertz CT molecular complexity index is 591. The monoisotopic (exact) mass is 386 g/mol. The minimum absolute atomic E-state index is 0.156. The van der Waals surface area contributed by atoms with Crippen molar-refractivity contribution < 1.29 is 5.11 Å². The van der Waals surface area contributed by atoms with Gasteiger partial charge in [-0.2, -0.15) is 0 Å². The molecule has 8 atom stereocenters. The Hall–Kier alpha value is -0.300. The zero-order chi connectivity index (χ0) is 20.1. The van der Waals surface area contributed by atoms with E-state index in [1.54, 1.807) is 0 Å². The summed E-state index contributed by atoms with van der Waals surface area (Å²) in [6.45, 7) is 12.5. The van der Waals surface area contributed by atoms with E-state index < -0.39 is 0 Å². The van der Waals surface area contributed by atoms with Crippen LogP contribution in [0, 0.1) is 46.3 Å². The normalized spacial score (nSPS) is 46.5. The quantitative estimate of drug-likeness (QED) is 0.488. The summed E-state index contributed by atoms with van der Waals surface area (Å²) in [5, 5.41) is 11.1. The van der Waals surface area contributed by atoms with E-state index >= 15 is 0 Å². The first kappa shape index (κ1) is 21.0. The first-order chi connectivity index (χ1) is 13.3. The van der Waals surface area contributed by atoms with Crippen LogP contribution >= 0.6 is 0 Å². The van der Waals surface area contributed by atoms with Crippen LogP contribution in [-0.4, -0.2) is 11.2 Å². The molecule has 1 nitrogen and oxygen atoms in total. The molecular formula is C27H46O. The molecule has 0 aliphatic heterocycles. The van der Waals surface area contributed by atoms with Crippen LogP contribution in [0.3, 0.4) is 0 Å². The van der Waals surface area contributed by atoms with Crippen molar-refractivity contribution in [1.29, 1.82) is 0 Å². The number of aliphatic hydroxyl groups is 1. The van der Waals surface area contributed by atoms with Crippen molar-refractivity contribution in [2.24, 2.45) is 46.3 Å². The Kier molecular flexibility index (Phi) is 5.80. The molecule has 4 rings (SSSR count). The Labute approximate surface area is 174 Å². The highest BCUT2D eigenvalue weighted by Gasteiger charge is 2.60. The molecule has 0 aromatic carbocycles. The van der Waals surface area contributed by atoms with Crippen molar-refractivity contribution in [3.8, 4) is 0 Å². The van der Waals surface area contributed by atoms with Crippen LogP contribution in [0.5, 0.6) is 0 Å². The molecule has 1 N–H and O–H groups in total. The van der Waals surface area contributed by atoms with E-state index in [-0.39, 0.29) is 6.10 Å². The third-order valence-electron chi connectivity index (χ3n) is 10.2. The van der Waals surface area contributed by atoms with Gasteiger partial charge >= 0.3 is 0 Å². The summed E-state index contributed by atoms with van der Waals surface area (Å²) in [5.41, 5.74) is 2.26. The largest absolute Gasteiger partial charge is 0.389 e. The second kappa shape index (κ2) is 7.75. The van der Waals surface area contributed by atoms with E-state index in [0.29, 0.717) is 10.8 Å². The van der Waals surface area contributed by atoms with Crippen molar-refractivity contribution in [3.05, 3.63) is 11.6 Å². The molecule has 0 bridgehead atoms. The fourth-order valence-electron chi connectivity index (χ4n) is 8.84. The zero-order valence-corrected chi connectivity index (χ0v) is 19.3. The SMILES string of the molecule is CC(C)CCC[C@@H](C)[C@H]1CC[C@H]2[C@@H]3C[C@H](O)C4=CCCC[C@]4(C)[C@H]3CC[C@]12C. The Morgan fingerprint density at radius 3 is 2.57 bits per heavy atom. The van der Waals surface area contributed by atoms with E-state index in [4.69, 9.17) is 0 Å². The summed E-state index contributed by atoms with van der Waals surface area (Å²) < 4.78 is 0. The summed E-state index contributed by atoms with van der Waals surface area (Å²) in [5.74, 6) is 5.09. The maximum Gasteiger partial charge on any atom is 0.0758 e. The fourth-order valence-corrected chi connectivity index (χ4v) is 8.84. The molecule has 4 aliphatic rings. The van der Waals surface area contributed by atoms with E-state index in [1.165, 1.54) is 69.8 Å². The van der Waals surface area contributed by atoms with E-state index in [1.807, 2.05) is 0 Å². The molecule has 0 heterocycles.